The number of halogens is 1. The molecule has 8 heteroatoms. The first-order valence-electron chi connectivity index (χ1n) is 5.94. The Hall–Kier alpha value is -1.53. The minimum Gasteiger partial charge on any atom is -0.378 e. The van der Waals surface area contributed by atoms with Crippen molar-refractivity contribution in [3.63, 3.8) is 0 Å². The summed E-state index contributed by atoms with van der Waals surface area (Å²) < 4.78 is 45.6. The van der Waals surface area contributed by atoms with Crippen molar-refractivity contribution < 1.29 is 17.5 Å². The molecular weight excluding hydrogens is 285 g/mol. The van der Waals surface area contributed by atoms with Crippen molar-refractivity contribution in [2.24, 2.45) is 0 Å². The Morgan fingerprint density at radius 2 is 2.25 bits per heavy atom. The summed E-state index contributed by atoms with van der Waals surface area (Å²) >= 11 is 0. The highest BCUT2D eigenvalue weighted by atomic mass is 32.2. The molecule has 20 heavy (non-hydrogen) atoms. The van der Waals surface area contributed by atoms with E-state index in [1.807, 2.05) is 0 Å². The summed E-state index contributed by atoms with van der Waals surface area (Å²) in [5.41, 5.74) is -0.486. The van der Waals surface area contributed by atoms with Crippen LogP contribution in [0.15, 0.2) is 23.1 Å². The van der Waals surface area contributed by atoms with Crippen LogP contribution in [0.2, 0.25) is 0 Å². The molecular formula is C12H14FN3O3S. The summed E-state index contributed by atoms with van der Waals surface area (Å²) in [6.45, 7) is 0.937. The Bertz CT molecular complexity index is 642. The smallest absolute Gasteiger partial charge is 0.242 e. The third-order valence-corrected chi connectivity index (χ3v) is 4.68. The molecule has 1 heterocycles. The van der Waals surface area contributed by atoms with Crippen molar-refractivity contribution in [1.29, 1.82) is 5.26 Å². The van der Waals surface area contributed by atoms with Gasteiger partial charge in [-0.1, -0.05) is 6.07 Å². The van der Waals surface area contributed by atoms with Gasteiger partial charge in [0.05, 0.1) is 12.1 Å². The summed E-state index contributed by atoms with van der Waals surface area (Å²) in [4.78, 5) is -0.359. The van der Waals surface area contributed by atoms with Gasteiger partial charge in [-0.2, -0.15) is 5.26 Å². The van der Waals surface area contributed by atoms with E-state index in [0.717, 1.165) is 6.07 Å². The van der Waals surface area contributed by atoms with E-state index in [9.17, 15) is 12.8 Å². The van der Waals surface area contributed by atoms with E-state index in [-0.39, 0.29) is 11.0 Å². The summed E-state index contributed by atoms with van der Waals surface area (Å²) in [5.74, 6) is -0.858. The third kappa shape index (κ3) is 2.81. The van der Waals surface area contributed by atoms with Crippen LogP contribution in [-0.4, -0.2) is 40.8 Å². The lowest BCUT2D eigenvalue weighted by Gasteiger charge is -2.19. The Balaban J connectivity index is 2.32. The van der Waals surface area contributed by atoms with Crippen LogP contribution < -0.4 is 10.0 Å². The summed E-state index contributed by atoms with van der Waals surface area (Å²) in [6, 6.07) is 4.63. The van der Waals surface area contributed by atoms with Crippen molar-refractivity contribution in [3.8, 4) is 6.07 Å². The van der Waals surface area contributed by atoms with Gasteiger partial charge in [0, 0.05) is 20.2 Å². The largest absolute Gasteiger partial charge is 0.378 e. The first-order chi connectivity index (χ1) is 9.49. The fourth-order valence-corrected chi connectivity index (χ4v) is 3.55. The highest BCUT2D eigenvalue weighted by Crippen LogP contribution is 2.19. The van der Waals surface area contributed by atoms with Crippen LogP contribution in [0.3, 0.4) is 0 Å². The van der Waals surface area contributed by atoms with Crippen LogP contribution in [-0.2, 0) is 14.8 Å². The predicted molar refractivity (Wildman–Crippen MR) is 68.9 cm³/mol. The molecule has 1 unspecified atom stereocenters. The van der Waals surface area contributed by atoms with Gasteiger partial charge in [0.1, 0.15) is 22.3 Å². The number of sulfonamides is 1. The van der Waals surface area contributed by atoms with Crippen LogP contribution in [0.5, 0.6) is 0 Å². The standard InChI is InChI=1S/C12H14FN3O3S/c1-19-11-7-15-6-10(11)16-20(17,18)12-4-2-3-9(13)8(12)5-14/h2-4,10-11,15-16H,6-7H2,1H3/t10?,11-/m0/s1. The third-order valence-electron chi connectivity index (χ3n) is 3.14. The molecule has 1 saturated heterocycles. The van der Waals surface area contributed by atoms with Gasteiger partial charge < -0.3 is 10.1 Å². The molecule has 2 N–H and O–H groups in total. The summed E-state index contributed by atoms with van der Waals surface area (Å²) in [5, 5.41) is 11.9. The quantitative estimate of drug-likeness (QED) is 0.814. The molecule has 6 nitrogen and oxygen atoms in total. The second kappa shape index (κ2) is 5.85. The van der Waals surface area contributed by atoms with Crippen molar-refractivity contribution in [2.75, 3.05) is 20.2 Å². The zero-order chi connectivity index (χ0) is 14.8. The van der Waals surface area contributed by atoms with E-state index in [1.54, 1.807) is 6.07 Å². The maximum Gasteiger partial charge on any atom is 0.242 e. The second-order valence-corrected chi connectivity index (χ2v) is 6.07. The highest BCUT2D eigenvalue weighted by Gasteiger charge is 2.32. The Morgan fingerprint density at radius 1 is 1.50 bits per heavy atom. The van der Waals surface area contributed by atoms with Crippen LogP contribution in [0.4, 0.5) is 4.39 Å². The molecule has 0 aromatic heterocycles. The molecule has 1 aliphatic heterocycles. The van der Waals surface area contributed by atoms with Gasteiger partial charge in [-0.05, 0) is 12.1 Å². The lowest BCUT2D eigenvalue weighted by atomic mass is 10.2. The average molecular weight is 299 g/mol. The topological polar surface area (TPSA) is 91.2 Å². The van der Waals surface area contributed by atoms with E-state index >= 15 is 0 Å². The van der Waals surface area contributed by atoms with E-state index < -0.39 is 27.4 Å². The number of methoxy groups -OCH3 is 1. The molecule has 1 aromatic carbocycles. The second-order valence-electron chi connectivity index (χ2n) is 4.38. The van der Waals surface area contributed by atoms with E-state index in [0.29, 0.717) is 13.1 Å². The molecule has 0 aliphatic carbocycles. The molecule has 0 saturated carbocycles. The monoisotopic (exact) mass is 299 g/mol. The molecule has 0 radical (unpaired) electrons. The fraction of sp³-hybridized carbons (Fsp3) is 0.417. The Labute approximate surface area is 116 Å². The van der Waals surface area contributed by atoms with Crippen LogP contribution in [0.1, 0.15) is 5.56 Å². The van der Waals surface area contributed by atoms with Gasteiger partial charge in [0.2, 0.25) is 10.0 Å². The molecule has 0 bridgehead atoms. The lowest BCUT2D eigenvalue weighted by molar-refractivity contribution is 0.103. The summed E-state index contributed by atoms with van der Waals surface area (Å²) in [6.07, 6.45) is -0.302. The average Bonchev–Trinajstić information content (AvgIpc) is 2.84. The number of ether oxygens (including phenoxy) is 1. The molecule has 0 amide bonds. The molecule has 0 spiro atoms. The number of hydrogen-bond donors (Lipinski definition) is 2. The van der Waals surface area contributed by atoms with Gasteiger partial charge >= 0.3 is 0 Å². The van der Waals surface area contributed by atoms with Crippen molar-refractivity contribution in [1.82, 2.24) is 10.0 Å². The maximum absolute atomic E-state index is 13.5. The number of rotatable bonds is 4. The Morgan fingerprint density at radius 3 is 2.90 bits per heavy atom. The molecule has 1 aromatic rings. The van der Waals surface area contributed by atoms with Crippen LogP contribution in [0, 0.1) is 17.1 Å². The van der Waals surface area contributed by atoms with Gasteiger partial charge in [-0.3, -0.25) is 0 Å². The Kier molecular flexibility index (Phi) is 4.35. The summed E-state index contributed by atoms with van der Waals surface area (Å²) in [7, 11) is -2.50. The lowest BCUT2D eigenvalue weighted by Crippen LogP contribution is -2.43. The maximum atomic E-state index is 13.5. The molecule has 108 valence electrons. The number of hydrogen-bond acceptors (Lipinski definition) is 5. The van der Waals surface area contributed by atoms with Crippen molar-refractivity contribution in [3.05, 3.63) is 29.6 Å². The van der Waals surface area contributed by atoms with E-state index in [2.05, 4.69) is 10.0 Å². The number of nitrogens with one attached hydrogen (secondary N) is 2. The molecule has 1 aliphatic rings. The highest BCUT2D eigenvalue weighted by molar-refractivity contribution is 7.89. The molecule has 2 rings (SSSR count). The van der Waals surface area contributed by atoms with E-state index in [4.69, 9.17) is 10.00 Å². The van der Waals surface area contributed by atoms with Crippen molar-refractivity contribution >= 4 is 10.0 Å². The van der Waals surface area contributed by atoms with Gasteiger partial charge in [-0.15, -0.1) is 0 Å². The first-order valence-corrected chi connectivity index (χ1v) is 7.42. The number of benzene rings is 1. The zero-order valence-corrected chi connectivity index (χ0v) is 11.6. The predicted octanol–water partition coefficient (Wildman–Crippen LogP) is -0.0375. The normalized spacial score (nSPS) is 22.6. The van der Waals surface area contributed by atoms with Crippen molar-refractivity contribution in [2.45, 2.75) is 17.0 Å². The minimum absolute atomic E-state index is 0.302. The van der Waals surface area contributed by atoms with Gasteiger partial charge in [0.15, 0.2) is 0 Å². The van der Waals surface area contributed by atoms with E-state index in [1.165, 1.54) is 19.2 Å². The minimum atomic E-state index is -3.98. The van der Waals surface area contributed by atoms with Crippen LogP contribution >= 0.6 is 0 Å². The van der Waals surface area contributed by atoms with Crippen LogP contribution in [0.25, 0.3) is 0 Å². The van der Waals surface area contributed by atoms with Gasteiger partial charge in [-0.25, -0.2) is 17.5 Å². The number of nitriles is 1. The fourth-order valence-electron chi connectivity index (χ4n) is 2.12. The molecule has 1 fully saturated rings. The number of nitrogens with zero attached hydrogens (tertiary/aromatic N) is 1. The van der Waals surface area contributed by atoms with Gasteiger partial charge in [0.25, 0.3) is 0 Å². The molecule has 2 atom stereocenters. The zero-order valence-electron chi connectivity index (χ0n) is 10.8. The SMILES string of the molecule is CO[C@H]1CNCC1NS(=O)(=O)c1cccc(F)c1C#N. The first kappa shape index (κ1) is 14.9.